The maximum Gasteiger partial charge on any atom is 0.236 e. The predicted molar refractivity (Wildman–Crippen MR) is 72.1 cm³/mol. The summed E-state index contributed by atoms with van der Waals surface area (Å²) in [6.45, 7) is 9.00. The summed E-state index contributed by atoms with van der Waals surface area (Å²) in [5, 5.41) is 3.23. The lowest BCUT2D eigenvalue weighted by Crippen LogP contribution is -2.45. The first kappa shape index (κ1) is 14.7. The summed E-state index contributed by atoms with van der Waals surface area (Å²) in [6.07, 6.45) is 1.08. The molecule has 2 saturated heterocycles. The van der Waals surface area contributed by atoms with E-state index >= 15 is 0 Å². The van der Waals surface area contributed by atoms with Gasteiger partial charge in [-0.1, -0.05) is 0 Å². The van der Waals surface area contributed by atoms with Crippen molar-refractivity contribution in [3.8, 4) is 0 Å². The van der Waals surface area contributed by atoms with Crippen molar-refractivity contribution < 1.29 is 14.3 Å². The van der Waals surface area contributed by atoms with Crippen molar-refractivity contribution >= 4 is 5.91 Å². The Morgan fingerprint density at radius 3 is 2.32 bits per heavy atom. The number of nitrogens with zero attached hydrogens (tertiary/aromatic N) is 2. The molecule has 2 heterocycles. The third-order valence-electron chi connectivity index (χ3n) is 3.57. The van der Waals surface area contributed by atoms with Crippen molar-refractivity contribution in [3.05, 3.63) is 0 Å². The zero-order valence-corrected chi connectivity index (χ0v) is 11.6. The number of nitrogens with one attached hydrogen (secondary N) is 1. The molecule has 1 N–H and O–H groups in total. The largest absolute Gasteiger partial charge is 0.379 e. The third-order valence-corrected chi connectivity index (χ3v) is 3.57. The Morgan fingerprint density at radius 1 is 1.00 bits per heavy atom. The Labute approximate surface area is 115 Å². The van der Waals surface area contributed by atoms with Gasteiger partial charge >= 0.3 is 0 Å². The molecule has 2 fully saturated rings. The van der Waals surface area contributed by atoms with E-state index in [0.717, 1.165) is 58.9 Å². The van der Waals surface area contributed by atoms with E-state index in [1.54, 1.807) is 0 Å². The van der Waals surface area contributed by atoms with Crippen LogP contribution in [-0.2, 0) is 14.3 Å². The van der Waals surface area contributed by atoms with Gasteiger partial charge in [0.15, 0.2) is 0 Å². The number of rotatable bonds is 6. The lowest BCUT2D eigenvalue weighted by molar-refractivity contribution is -0.134. The average molecular weight is 271 g/mol. The number of carbonyl (C=O) groups is 1. The molecule has 2 aliphatic heterocycles. The second-order valence-corrected chi connectivity index (χ2v) is 4.98. The fourth-order valence-electron chi connectivity index (χ4n) is 2.37. The minimum absolute atomic E-state index is 0.190. The van der Waals surface area contributed by atoms with Crippen molar-refractivity contribution in [1.82, 2.24) is 15.1 Å². The molecule has 0 spiro atoms. The molecule has 2 aliphatic rings. The van der Waals surface area contributed by atoms with Crippen LogP contribution in [0.1, 0.15) is 6.42 Å². The average Bonchev–Trinajstić information content (AvgIpc) is 2.49. The van der Waals surface area contributed by atoms with Crippen LogP contribution in [0, 0.1) is 0 Å². The lowest BCUT2D eigenvalue weighted by atomic mass is 10.3. The van der Waals surface area contributed by atoms with Crippen molar-refractivity contribution in [2.45, 2.75) is 6.42 Å². The molecule has 0 radical (unpaired) electrons. The Hall–Kier alpha value is -0.690. The van der Waals surface area contributed by atoms with E-state index in [9.17, 15) is 4.79 Å². The predicted octanol–water partition coefficient (Wildman–Crippen LogP) is -0.843. The van der Waals surface area contributed by atoms with Crippen LogP contribution in [0.15, 0.2) is 0 Å². The SMILES string of the molecule is O=C(CNCCCN1CCOCC1)N1CCOCC1. The highest BCUT2D eigenvalue weighted by Crippen LogP contribution is 1.98. The van der Waals surface area contributed by atoms with Crippen LogP contribution in [-0.4, -0.2) is 87.9 Å². The Morgan fingerprint density at radius 2 is 1.63 bits per heavy atom. The van der Waals surface area contributed by atoms with E-state index in [-0.39, 0.29) is 5.91 Å². The van der Waals surface area contributed by atoms with E-state index < -0.39 is 0 Å². The summed E-state index contributed by atoms with van der Waals surface area (Å²) in [4.78, 5) is 16.1. The minimum atomic E-state index is 0.190. The first-order valence-electron chi connectivity index (χ1n) is 7.22. The van der Waals surface area contributed by atoms with Gasteiger partial charge in [-0.25, -0.2) is 0 Å². The molecule has 0 atom stereocenters. The van der Waals surface area contributed by atoms with Crippen LogP contribution in [0.5, 0.6) is 0 Å². The molecule has 0 aromatic heterocycles. The molecule has 0 unspecified atom stereocenters. The highest BCUT2D eigenvalue weighted by atomic mass is 16.5. The molecule has 0 bridgehead atoms. The number of amides is 1. The van der Waals surface area contributed by atoms with Gasteiger partial charge in [-0.15, -0.1) is 0 Å². The van der Waals surface area contributed by atoms with Gasteiger partial charge in [-0.3, -0.25) is 9.69 Å². The van der Waals surface area contributed by atoms with Crippen molar-refractivity contribution in [3.63, 3.8) is 0 Å². The summed E-state index contributed by atoms with van der Waals surface area (Å²) in [5.74, 6) is 0.190. The van der Waals surface area contributed by atoms with Crippen molar-refractivity contribution in [2.24, 2.45) is 0 Å². The smallest absolute Gasteiger partial charge is 0.236 e. The van der Waals surface area contributed by atoms with Crippen LogP contribution >= 0.6 is 0 Å². The van der Waals surface area contributed by atoms with E-state index in [0.29, 0.717) is 19.8 Å². The number of ether oxygens (including phenoxy) is 2. The molecule has 0 aromatic carbocycles. The van der Waals surface area contributed by atoms with Gasteiger partial charge in [-0.05, 0) is 19.5 Å². The van der Waals surface area contributed by atoms with Gasteiger partial charge in [0, 0.05) is 26.2 Å². The topological polar surface area (TPSA) is 54.0 Å². The van der Waals surface area contributed by atoms with Crippen LogP contribution in [0.2, 0.25) is 0 Å². The van der Waals surface area contributed by atoms with Crippen LogP contribution in [0.3, 0.4) is 0 Å². The summed E-state index contributed by atoms with van der Waals surface area (Å²) >= 11 is 0. The summed E-state index contributed by atoms with van der Waals surface area (Å²) in [7, 11) is 0. The molecule has 6 heteroatoms. The molecule has 0 saturated carbocycles. The summed E-state index contributed by atoms with van der Waals surface area (Å²) < 4.78 is 10.5. The normalized spacial score (nSPS) is 21.6. The number of morpholine rings is 2. The molecule has 110 valence electrons. The maximum absolute atomic E-state index is 11.8. The summed E-state index contributed by atoms with van der Waals surface area (Å²) in [6, 6.07) is 0. The van der Waals surface area contributed by atoms with Gasteiger partial charge < -0.3 is 19.7 Å². The Balaban J connectivity index is 1.47. The van der Waals surface area contributed by atoms with Gasteiger partial charge in [0.05, 0.1) is 33.0 Å². The van der Waals surface area contributed by atoms with E-state index in [4.69, 9.17) is 9.47 Å². The minimum Gasteiger partial charge on any atom is -0.379 e. The molecule has 2 rings (SSSR count). The van der Waals surface area contributed by atoms with Gasteiger partial charge in [-0.2, -0.15) is 0 Å². The highest BCUT2D eigenvalue weighted by Gasteiger charge is 2.16. The zero-order chi connectivity index (χ0) is 13.3. The Bertz CT molecular complexity index is 264. The first-order chi connectivity index (χ1) is 9.36. The third kappa shape index (κ3) is 5.44. The van der Waals surface area contributed by atoms with Crippen LogP contribution < -0.4 is 5.32 Å². The fraction of sp³-hybridized carbons (Fsp3) is 0.923. The Kier molecular flexibility index (Phi) is 6.56. The second-order valence-electron chi connectivity index (χ2n) is 4.98. The molecule has 0 aliphatic carbocycles. The number of hydrogen-bond acceptors (Lipinski definition) is 5. The lowest BCUT2D eigenvalue weighted by Gasteiger charge is -2.27. The van der Waals surface area contributed by atoms with Crippen molar-refractivity contribution in [2.75, 3.05) is 72.2 Å². The van der Waals surface area contributed by atoms with Crippen molar-refractivity contribution in [1.29, 1.82) is 0 Å². The van der Waals surface area contributed by atoms with E-state index in [1.807, 2.05) is 4.90 Å². The van der Waals surface area contributed by atoms with Gasteiger partial charge in [0.2, 0.25) is 5.91 Å². The van der Waals surface area contributed by atoms with Crippen LogP contribution in [0.4, 0.5) is 0 Å². The second kappa shape index (κ2) is 8.47. The fourth-order valence-corrected chi connectivity index (χ4v) is 2.37. The molecule has 1 amide bonds. The van der Waals surface area contributed by atoms with E-state index in [2.05, 4.69) is 10.2 Å². The maximum atomic E-state index is 11.8. The monoisotopic (exact) mass is 271 g/mol. The quantitative estimate of drug-likeness (QED) is 0.638. The van der Waals surface area contributed by atoms with Gasteiger partial charge in [0.25, 0.3) is 0 Å². The molecule has 19 heavy (non-hydrogen) atoms. The number of hydrogen-bond donors (Lipinski definition) is 1. The standard InChI is InChI=1S/C13H25N3O3/c17-13(16-6-10-19-11-7-16)12-14-2-1-3-15-4-8-18-9-5-15/h14H,1-12H2. The molecule has 6 nitrogen and oxygen atoms in total. The molecule has 0 aromatic rings. The summed E-state index contributed by atoms with van der Waals surface area (Å²) in [5.41, 5.74) is 0. The molecular weight excluding hydrogens is 246 g/mol. The van der Waals surface area contributed by atoms with E-state index in [1.165, 1.54) is 0 Å². The first-order valence-corrected chi connectivity index (χ1v) is 7.22. The zero-order valence-electron chi connectivity index (χ0n) is 11.6. The highest BCUT2D eigenvalue weighted by molar-refractivity contribution is 5.78. The van der Waals surface area contributed by atoms with Gasteiger partial charge in [0.1, 0.15) is 0 Å². The van der Waals surface area contributed by atoms with Crippen LogP contribution in [0.25, 0.3) is 0 Å². The molecular formula is C13H25N3O3. The number of carbonyl (C=O) groups excluding carboxylic acids is 1.